The van der Waals surface area contributed by atoms with E-state index in [1.165, 1.54) is 19.2 Å². The average Bonchev–Trinajstić information content (AvgIpc) is 2.62. The highest BCUT2D eigenvalue weighted by Crippen LogP contribution is 2.13. The Kier molecular flexibility index (Phi) is 7.11. The van der Waals surface area contributed by atoms with Crippen LogP contribution in [0.15, 0.2) is 42.6 Å². The number of hydrogen-bond donors (Lipinski definition) is 1. The summed E-state index contributed by atoms with van der Waals surface area (Å²) in [5, 5.41) is 2.93. The second-order valence-corrected chi connectivity index (χ2v) is 5.69. The molecule has 0 saturated carbocycles. The van der Waals surface area contributed by atoms with Gasteiger partial charge in [-0.05, 0) is 43.3 Å². The van der Waals surface area contributed by atoms with E-state index >= 15 is 0 Å². The summed E-state index contributed by atoms with van der Waals surface area (Å²) < 4.78 is 10.2. The van der Waals surface area contributed by atoms with Crippen LogP contribution in [-0.4, -0.2) is 35.9 Å². The lowest BCUT2D eigenvalue weighted by Gasteiger charge is -2.08. The number of rotatable bonds is 8. The van der Waals surface area contributed by atoms with Crippen LogP contribution < -0.4 is 10.1 Å². The van der Waals surface area contributed by atoms with Crippen molar-refractivity contribution >= 4 is 35.1 Å². The summed E-state index contributed by atoms with van der Waals surface area (Å²) in [6.45, 7) is 1.15. The van der Waals surface area contributed by atoms with E-state index in [1.807, 2.05) is 0 Å². The Balaban J connectivity index is 1.66. The van der Waals surface area contributed by atoms with Gasteiger partial charge in [0.25, 0.3) is 5.91 Å². The normalized spacial score (nSPS) is 10.1. The SMILES string of the molecule is CC(=O)c1ccc(OCCC(=O)OCC(=O)Nc2ccc(Cl)cn2)cc1. The quantitative estimate of drug-likeness (QED) is 0.562. The molecule has 0 radical (unpaired) electrons. The molecule has 7 nitrogen and oxygen atoms in total. The Morgan fingerprint density at radius 3 is 2.46 bits per heavy atom. The Morgan fingerprint density at radius 1 is 1.12 bits per heavy atom. The predicted octanol–water partition coefficient (Wildman–Crippen LogP) is 2.89. The highest BCUT2D eigenvalue weighted by Gasteiger charge is 2.09. The van der Waals surface area contributed by atoms with E-state index in [0.29, 0.717) is 22.2 Å². The van der Waals surface area contributed by atoms with Crippen molar-refractivity contribution in [3.8, 4) is 5.75 Å². The van der Waals surface area contributed by atoms with Crippen LogP contribution in [0.25, 0.3) is 0 Å². The summed E-state index contributed by atoms with van der Waals surface area (Å²) >= 11 is 5.69. The van der Waals surface area contributed by atoms with E-state index in [9.17, 15) is 14.4 Å². The number of carbonyl (C=O) groups excluding carboxylic acids is 3. The molecule has 26 heavy (non-hydrogen) atoms. The number of aromatic nitrogens is 1. The number of ether oxygens (including phenoxy) is 2. The molecular formula is C18H17ClN2O5. The Morgan fingerprint density at radius 2 is 1.85 bits per heavy atom. The van der Waals surface area contributed by atoms with Crippen LogP contribution in [-0.2, 0) is 14.3 Å². The molecule has 0 saturated heterocycles. The van der Waals surface area contributed by atoms with Crippen molar-refractivity contribution in [2.24, 2.45) is 0 Å². The van der Waals surface area contributed by atoms with Gasteiger partial charge >= 0.3 is 5.97 Å². The van der Waals surface area contributed by atoms with Gasteiger partial charge in [0.2, 0.25) is 0 Å². The number of esters is 1. The van der Waals surface area contributed by atoms with Crippen molar-refractivity contribution in [1.82, 2.24) is 4.98 Å². The number of nitrogens with one attached hydrogen (secondary N) is 1. The van der Waals surface area contributed by atoms with Crippen LogP contribution in [0.4, 0.5) is 5.82 Å². The molecule has 0 aliphatic heterocycles. The van der Waals surface area contributed by atoms with Crippen molar-refractivity contribution in [2.45, 2.75) is 13.3 Å². The van der Waals surface area contributed by atoms with Crippen molar-refractivity contribution in [1.29, 1.82) is 0 Å². The third-order valence-corrected chi connectivity index (χ3v) is 3.42. The molecular weight excluding hydrogens is 360 g/mol. The van der Waals surface area contributed by atoms with Crippen molar-refractivity contribution in [2.75, 3.05) is 18.5 Å². The molecule has 0 aliphatic rings. The standard InChI is InChI=1S/C18H17ClN2O5/c1-12(22)13-2-5-15(6-3-13)25-9-8-18(24)26-11-17(23)21-16-7-4-14(19)10-20-16/h2-7,10H,8-9,11H2,1H3,(H,20,21,23). The number of anilines is 1. The molecule has 0 fully saturated rings. The fourth-order valence-electron chi connectivity index (χ4n) is 1.88. The molecule has 1 heterocycles. The van der Waals surface area contributed by atoms with Gasteiger partial charge in [0, 0.05) is 11.8 Å². The molecule has 1 aromatic heterocycles. The Hall–Kier alpha value is -2.93. The molecule has 0 aliphatic carbocycles. The second-order valence-electron chi connectivity index (χ2n) is 5.25. The maximum Gasteiger partial charge on any atom is 0.309 e. The van der Waals surface area contributed by atoms with Crippen LogP contribution in [0.5, 0.6) is 5.75 Å². The maximum absolute atomic E-state index is 11.7. The third-order valence-electron chi connectivity index (χ3n) is 3.19. The third kappa shape index (κ3) is 6.52. The summed E-state index contributed by atoms with van der Waals surface area (Å²) in [6.07, 6.45) is 1.38. The molecule has 1 N–H and O–H groups in total. The van der Waals surface area contributed by atoms with Gasteiger partial charge in [-0.1, -0.05) is 11.6 Å². The first-order chi connectivity index (χ1) is 12.4. The first-order valence-corrected chi connectivity index (χ1v) is 8.12. The summed E-state index contributed by atoms with van der Waals surface area (Å²) in [5.41, 5.74) is 0.581. The molecule has 1 aromatic carbocycles. The van der Waals surface area contributed by atoms with Gasteiger partial charge in [0.15, 0.2) is 12.4 Å². The first-order valence-electron chi connectivity index (χ1n) is 7.75. The number of carbonyl (C=O) groups is 3. The monoisotopic (exact) mass is 376 g/mol. The van der Waals surface area contributed by atoms with Gasteiger partial charge < -0.3 is 14.8 Å². The number of nitrogens with zero attached hydrogens (tertiary/aromatic N) is 1. The van der Waals surface area contributed by atoms with E-state index < -0.39 is 18.5 Å². The number of benzene rings is 1. The molecule has 136 valence electrons. The summed E-state index contributed by atoms with van der Waals surface area (Å²) in [6, 6.07) is 9.70. The Labute approximate surface area is 155 Å². The zero-order chi connectivity index (χ0) is 18.9. The van der Waals surface area contributed by atoms with E-state index in [2.05, 4.69) is 10.3 Å². The van der Waals surface area contributed by atoms with E-state index in [-0.39, 0.29) is 18.8 Å². The molecule has 0 atom stereocenters. The molecule has 2 rings (SSSR count). The molecule has 0 bridgehead atoms. The summed E-state index contributed by atoms with van der Waals surface area (Å²) in [5.74, 6) is -0.257. The smallest absolute Gasteiger partial charge is 0.309 e. The van der Waals surface area contributed by atoms with E-state index in [1.54, 1.807) is 30.3 Å². The van der Waals surface area contributed by atoms with Crippen LogP contribution in [0.1, 0.15) is 23.7 Å². The lowest BCUT2D eigenvalue weighted by molar-refractivity contribution is -0.147. The number of Topliss-reactive ketones (excluding diaryl/α,β-unsaturated/α-hetero) is 1. The summed E-state index contributed by atoms with van der Waals surface area (Å²) in [4.78, 5) is 38.4. The van der Waals surface area contributed by atoms with Crippen LogP contribution in [0, 0.1) is 0 Å². The molecule has 0 spiro atoms. The zero-order valence-electron chi connectivity index (χ0n) is 14.0. The van der Waals surface area contributed by atoms with Crippen molar-refractivity contribution in [3.05, 3.63) is 53.2 Å². The average molecular weight is 377 g/mol. The molecule has 0 unspecified atom stereocenters. The molecule has 2 aromatic rings. The minimum atomic E-state index is -0.565. The number of amides is 1. The first kappa shape index (κ1) is 19.4. The number of halogens is 1. The van der Waals surface area contributed by atoms with Crippen LogP contribution in [0.2, 0.25) is 5.02 Å². The largest absolute Gasteiger partial charge is 0.493 e. The number of pyridine rings is 1. The topological polar surface area (TPSA) is 94.6 Å². The zero-order valence-corrected chi connectivity index (χ0v) is 14.8. The molecule has 8 heteroatoms. The van der Waals surface area contributed by atoms with Gasteiger partial charge in [0.05, 0.1) is 18.1 Å². The van der Waals surface area contributed by atoms with Crippen molar-refractivity contribution in [3.63, 3.8) is 0 Å². The highest BCUT2D eigenvalue weighted by molar-refractivity contribution is 6.30. The van der Waals surface area contributed by atoms with Crippen LogP contribution >= 0.6 is 11.6 Å². The highest BCUT2D eigenvalue weighted by atomic mass is 35.5. The second kappa shape index (κ2) is 9.53. The number of ketones is 1. The van der Waals surface area contributed by atoms with E-state index in [4.69, 9.17) is 21.1 Å². The fraction of sp³-hybridized carbons (Fsp3) is 0.222. The predicted molar refractivity (Wildman–Crippen MR) is 95.4 cm³/mol. The number of hydrogen-bond acceptors (Lipinski definition) is 6. The Bertz CT molecular complexity index is 775. The fourth-order valence-corrected chi connectivity index (χ4v) is 2.00. The minimum absolute atomic E-state index is 0.0130. The molecule has 1 amide bonds. The maximum atomic E-state index is 11.7. The van der Waals surface area contributed by atoms with Gasteiger partial charge in [-0.2, -0.15) is 0 Å². The van der Waals surface area contributed by atoms with Gasteiger partial charge in [-0.15, -0.1) is 0 Å². The van der Waals surface area contributed by atoms with Crippen LogP contribution in [0.3, 0.4) is 0 Å². The van der Waals surface area contributed by atoms with Crippen molar-refractivity contribution < 1.29 is 23.9 Å². The summed E-state index contributed by atoms with van der Waals surface area (Å²) in [7, 11) is 0. The lowest BCUT2D eigenvalue weighted by Crippen LogP contribution is -2.22. The minimum Gasteiger partial charge on any atom is -0.493 e. The van der Waals surface area contributed by atoms with E-state index in [0.717, 1.165) is 0 Å². The lowest BCUT2D eigenvalue weighted by atomic mass is 10.1. The van der Waals surface area contributed by atoms with Gasteiger partial charge in [-0.3, -0.25) is 14.4 Å². The van der Waals surface area contributed by atoms with Gasteiger partial charge in [-0.25, -0.2) is 4.98 Å². The van der Waals surface area contributed by atoms with Gasteiger partial charge in [0.1, 0.15) is 11.6 Å².